The number of nitrogens with zero attached hydrogens (tertiary/aromatic N) is 2. The molecule has 1 aromatic carbocycles. The lowest BCUT2D eigenvalue weighted by molar-refractivity contribution is 0.112. The average molecular weight is 243 g/mol. The van der Waals surface area contributed by atoms with E-state index in [2.05, 4.69) is 5.10 Å². The number of hydrogen-bond donors (Lipinski definition) is 1. The highest BCUT2D eigenvalue weighted by Gasteiger charge is 2.15. The van der Waals surface area contributed by atoms with Gasteiger partial charge in [-0.25, -0.2) is 4.68 Å². The molecule has 0 aliphatic carbocycles. The summed E-state index contributed by atoms with van der Waals surface area (Å²) in [5.41, 5.74) is 9.17. The molecule has 4 heteroatoms. The zero-order valence-electron chi connectivity index (χ0n) is 10.7. The lowest BCUT2D eigenvalue weighted by atomic mass is 10.1. The molecule has 2 aromatic rings. The predicted octanol–water partition coefficient (Wildman–Crippen LogP) is 2.66. The maximum Gasteiger partial charge on any atom is 0.156 e. The zero-order valence-corrected chi connectivity index (χ0v) is 10.7. The van der Waals surface area contributed by atoms with Gasteiger partial charge in [-0.2, -0.15) is 5.10 Å². The van der Waals surface area contributed by atoms with Gasteiger partial charge in [-0.3, -0.25) is 4.79 Å². The van der Waals surface area contributed by atoms with E-state index in [1.807, 2.05) is 38.1 Å². The molecule has 0 unspecified atom stereocenters. The molecule has 18 heavy (non-hydrogen) atoms. The monoisotopic (exact) mass is 243 g/mol. The maximum absolute atomic E-state index is 11.2. The second kappa shape index (κ2) is 5.04. The Balaban J connectivity index is 2.52. The SMILES string of the molecule is CCCn1nc(-c2ccc(C)cc2)c(C=O)c1N. The number of rotatable bonds is 4. The molecule has 0 aliphatic rings. The number of benzene rings is 1. The van der Waals surface area contributed by atoms with Crippen LogP contribution >= 0.6 is 0 Å². The van der Waals surface area contributed by atoms with Gasteiger partial charge in [0.15, 0.2) is 6.29 Å². The predicted molar refractivity (Wildman–Crippen MR) is 72.5 cm³/mol. The Morgan fingerprint density at radius 2 is 2.00 bits per heavy atom. The molecule has 4 nitrogen and oxygen atoms in total. The number of aryl methyl sites for hydroxylation is 2. The summed E-state index contributed by atoms with van der Waals surface area (Å²) in [5, 5.41) is 4.43. The van der Waals surface area contributed by atoms with E-state index in [9.17, 15) is 4.79 Å². The number of aldehydes is 1. The Morgan fingerprint density at radius 3 is 2.56 bits per heavy atom. The van der Waals surface area contributed by atoms with Gasteiger partial charge < -0.3 is 5.73 Å². The Hall–Kier alpha value is -2.10. The summed E-state index contributed by atoms with van der Waals surface area (Å²) >= 11 is 0. The minimum atomic E-state index is 0.447. The van der Waals surface area contributed by atoms with E-state index >= 15 is 0 Å². The summed E-state index contributed by atoms with van der Waals surface area (Å²) in [6, 6.07) is 7.92. The lowest BCUT2D eigenvalue weighted by Gasteiger charge is -1.99. The van der Waals surface area contributed by atoms with Crippen molar-refractivity contribution in [1.29, 1.82) is 0 Å². The van der Waals surface area contributed by atoms with Gasteiger partial charge in [-0.05, 0) is 13.3 Å². The molecule has 0 bridgehead atoms. The minimum absolute atomic E-state index is 0.447. The van der Waals surface area contributed by atoms with Crippen molar-refractivity contribution in [3.8, 4) is 11.3 Å². The second-order valence-electron chi connectivity index (χ2n) is 4.35. The number of nitrogen functional groups attached to an aromatic ring is 1. The van der Waals surface area contributed by atoms with Gasteiger partial charge >= 0.3 is 0 Å². The fourth-order valence-corrected chi connectivity index (χ4v) is 1.91. The molecule has 94 valence electrons. The smallest absolute Gasteiger partial charge is 0.156 e. The van der Waals surface area contributed by atoms with Gasteiger partial charge in [-0.1, -0.05) is 36.8 Å². The largest absolute Gasteiger partial charge is 0.383 e. The van der Waals surface area contributed by atoms with Crippen LogP contribution in [0.25, 0.3) is 11.3 Å². The van der Waals surface area contributed by atoms with Crippen molar-refractivity contribution in [2.45, 2.75) is 26.8 Å². The molecular formula is C14H17N3O. The molecule has 0 radical (unpaired) electrons. The first-order valence-corrected chi connectivity index (χ1v) is 6.05. The van der Waals surface area contributed by atoms with Crippen LogP contribution in [0.15, 0.2) is 24.3 Å². The fraction of sp³-hybridized carbons (Fsp3) is 0.286. The molecule has 0 aliphatic heterocycles. The van der Waals surface area contributed by atoms with Gasteiger partial charge in [0.1, 0.15) is 11.5 Å². The topological polar surface area (TPSA) is 60.9 Å². The van der Waals surface area contributed by atoms with E-state index in [1.54, 1.807) is 4.68 Å². The van der Waals surface area contributed by atoms with E-state index < -0.39 is 0 Å². The van der Waals surface area contributed by atoms with Crippen LogP contribution in [0, 0.1) is 6.92 Å². The summed E-state index contributed by atoms with van der Waals surface area (Å²) in [7, 11) is 0. The number of anilines is 1. The van der Waals surface area contributed by atoms with Crippen LogP contribution in [0.3, 0.4) is 0 Å². The van der Waals surface area contributed by atoms with E-state index in [4.69, 9.17) is 5.73 Å². The van der Waals surface area contributed by atoms with E-state index in [0.29, 0.717) is 17.1 Å². The van der Waals surface area contributed by atoms with Gasteiger partial charge in [0.25, 0.3) is 0 Å². The van der Waals surface area contributed by atoms with Crippen LogP contribution in [0.4, 0.5) is 5.82 Å². The standard InChI is InChI=1S/C14H17N3O/c1-3-8-17-14(15)12(9-18)13(16-17)11-6-4-10(2)5-7-11/h4-7,9H,3,8,15H2,1-2H3. The average Bonchev–Trinajstić information content (AvgIpc) is 2.68. The normalized spacial score (nSPS) is 10.6. The minimum Gasteiger partial charge on any atom is -0.383 e. The molecule has 2 N–H and O–H groups in total. The first-order chi connectivity index (χ1) is 8.67. The summed E-state index contributed by atoms with van der Waals surface area (Å²) in [5.74, 6) is 0.447. The van der Waals surface area contributed by atoms with Crippen molar-refractivity contribution in [3.63, 3.8) is 0 Å². The van der Waals surface area contributed by atoms with Crippen molar-refractivity contribution in [2.75, 3.05) is 5.73 Å². The lowest BCUT2D eigenvalue weighted by Crippen LogP contribution is -2.04. The van der Waals surface area contributed by atoms with Crippen LogP contribution in [0.5, 0.6) is 0 Å². The second-order valence-corrected chi connectivity index (χ2v) is 4.35. The van der Waals surface area contributed by atoms with Gasteiger partial charge in [0.2, 0.25) is 0 Å². The van der Waals surface area contributed by atoms with Gasteiger partial charge in [0.05, 0.1) is 5.56 Å². The molecule has 0 saturated carbocycles. The highest BCUT2D eigenvalue weighted by atomic mass is 16.1. The first kappa shape index (κ1) is 12.4. The molecule has 2 rings (SSSR count). The van der Waals surface area contributed by atoms with Gasteiger partial charge in [-0.15, -0.1) is 0 Å². The van der Waals surface area contributed by atoms with Crippen LogP contribution in [0.2, 0.25) is 0 Å². The number of carbonyl (C=O) groups excluding carboxylic acids is 1. The molecule has 0 atom stereocenters. The zero-order chi connectivity index (χ0) is 13.1. The third-order valence-electron chi connectivity index (χ3n) is 2.91. The number of aromatic nitrogens is 2. The van der Waals surface area contributed by atoms with Gasteiger partial charge in [0, 0.05) is 12.1 Å². The molecule has 1 heterocycles. The Morgan fingerprint density at radius 1 is 1.33 bits per heavy atom. The highest BCUT2D eigenvalue weighted by Crippen LogP contribution is 2.26. The number of nitrogens with two attached hydrogens (primary N) is 1. The van der Waals surface area contributed by atoms with Crippen LogP contribution in [0.1, 0.15) is 29.3 Å². The van der Waals surface area contributed by atoms with Crippen LogP contribution in [-0.4, -0.2) is 16.1 Å². The van der Waals surface area contributed by atoms with Crippen molar-refractivity contribution < 1.29 is 4.79 Å². The van der Waals surface area contributed by atoms with E-state index in [0.717, 1.165) is 24.8 Å². The summed E-state index contributed by atoms with van der Waals surface area (Å²) in [4.78, 5) is 11.2. The van der Waals surface area contributed by atoms with Crippen molar-refractivity contribution >= 4 is 12.1 Å². The maximum atomic E-state index is 11.2. The first-order valence-electron chi connectivity index (χ1n) is 6.05. The number of carbonyl (C=O) groups is 1. The van der Waals surface area contributed by atoms with Crippen molar-refractivity contribution in [2.24, 2.45) is 0 Å². The molecule has 0 spiro atoms. The molecule has 0 saturated heterocycles. The summed E-state index contributed by atoms with van der Waals surface area (Å²) in [6.07, 6.45) is 1.71. The third kappa shape index (κ3) is 2.14. The fourth-order valence-electron chi connectivity index (χ4n) is 1.91. The summed E-state index contributed by atoms with van der Waals surface area (Å²) in [6.45, 7) is 4.79. The van der Waals surface area contributed by atoms with Crippen molar-refractivity contribution in [1.82, 2.24) is 9.78 Å². The summed E-state index contributed by atoms with van der Waals surface area (Å²) < 4.78 is 1.69. The highest BCUT2D eigenvalue weighted by molar-refractivity contribution is 5.91. The van der Waals surface area contributed by atoms with E-state index in [-0.39, 0.29) is 0 Å². The molecular weight excluding hydrogens is 226 g/mol. The molecule has 0 amide bonds. The quantitative estimate of drug-likeness (QED) is 0.840. The number of hydrogen-bond acceptors (Lipinski definition) is 3. The molecule has 1 aromatic heterocycles. The van der Waals surface area contributed by atoms with Crippen molar-refractivity contribution in [3.05, 3.63) is 35.4 Å². The Bertz CT molecular complexity index is 555. The Kier molecular flexibility index (Phi) is 3.46. The van der Waals surface area contributed by atoms with E-state index in [1.165, 1.54) is 5.56 Å². The Labute approximate surface area is 106 Å². The molecule has 0 fully saturated rings. The van der Waals surface area contributed by atoms with Crippen LogP contribution < -0.4 is 5.73 Å². The van der Waals surface area contributed by atoms with Crippen LogP contribution in [-0.2, 0) is 6.54 Å². The third-order valence-corrected chi connectivity index (χ3v) is 2.91.